The number of aliphatic hydroxyl groups excluding tert-OH is 1. The zero-order valence-corrected chi connectivity index (χ0v) is 11.9. The summed E-state index contributed by atoms with van der Waals surface area (Å²) in [7, 11) is 1.87. The van der Waals surface area contributed by atoms with Crippen LogP contribution in [0.25, 0.3) is 0 Å². The summed E-state index contributed by atoms with van der Waals surface area (Å²) in [5, 5.41) is 12.4. The van der Waals surface area contributed by atoms with Gasteiger partial charge in [-0.1, -0.05) is 12.5 Å². The molecule has 0 aliphatic rings. The van der Waals surface area contributed by atoms with Crippen molar-refractivity contribution in [3.05, 3.63) is 30.1 Å². The Labute approximate surface area is 113 Å². The Morgan fingerprint density at radius 1 is 1.39 bits per heavy atom. The van der Waals surface area contributed by atoms with Crippen molar-refractivity contribution in [3.8, 4) is 0 Å². The highest BCUT2D eigenvalue weighted by molar-refractivity contribution is 7.99. The number of hydrogen-bond acceptors (Lipinski definition) is 3. The van der Waals surface area contributed by atoms with Crippen LogP contribution in [0.2, 0.25) is 0 Å². The van der Waals surface area contributed by atoms with Gasteiger partial charge in [-0.2, -0.15) is 0 Å². The summed E-state index contributed by atoms with van der Waals surface area (Å²) in [6, 6.07) is 6.69. The van der Waals surface area contributed by atoms with Crippen LogP contribution in [0.15, 0.2) is 29.2 Å². The van der Waals surface area contributed by atoms with Crippen molar-refractivity contribution in [2.45, 2.75) is 36.6 Å². The first-order chi connectivity index (χ1) is 8.59. The van der Waals surface area contributed by atoms with Crippen LogP contribution in [-0.2, 0) is 0 Å². The molecule has 0 radical (unpaired) electrons. The summed E-state index contributed by atoms with van der Waals surface area (Å²) in [6.07, 6.45) is 3.07. The molecule has 2 nitrogen and oxygen atoms in total. The van der Waals surface area contributed by atoms with Gasteiger partial charge in [0.25, 0.3) is 0 Å². The second kappa shape index (κ2) is 7.77. The molecule has 0 heterocycles. The summed E-state index contributed by atoms with van der Waals surface area (Å²) >= 11 is 1.68. The molecule has 102 valence electrons. The average molecular weight is 271 g/mol. The van der Waals surface area contributed by atoms with Gasteiger partial charge in [0, 0.05) is 10.4 Å². The van der Waals surface area contributed by atoms with E-state index in [-0.39, 0.29) is 18.0 Å². The minimum Gasteiger partial charge on any atom is -0.394 e. The summed E-state index contributed by atoms with van der Waals surface area (Å²) in [6.45, 7) is 2.17. The van der Waals surface area contributed by atoms with E-state index in [2.05, 4.69) is 5.32 Å². The van der Waals surface area contributed by atoms with Gasteiger partial charge in [0.15, 0.2) is 0 Å². The summed E-state index contributed by atoms with van der Waals surface area (Å²) in [4.78, 5) is 0.980. The number of rotatable bonds is 8. The quantitative estimate of drug-likeness (QED) is 0.563. The van der Waals surface area contributed by atoms with Gasteiger partial charge in [-0.15, -0.1) is 11.8 Å². The molecule has 1 unspecified atom stereocenters. The molecule has 0 bridgehead atoms. The molecule has 2 N–H and O–H groups in total. The summed E-state index contributed by atoms with van der Waals surface area (Å²) < 4.78 is 12.9. The lowest BCUT2D eigenvalue weighted by Gasteiger charge is -2.26. The zero-order chi connectivity index (χ0) is 13.4. The van der Waals surface area contributed by atoms with Gasteiger partial charge < -0.3 is 10.4 Å². The highest BCUT2D eigenvalue weighted by Gasteiger charge is 2.19. The highest BCUT2D eigenvalue weighted by Crippen LogP contribution is 2.21. The SMILES string of the molecule is CNC(C)(CO)CCCCSc1cccc(F)c1. The van der Waals surface area contributed by atoms with Crippen molar-refractivity contribution in [1.82, 2.24) is 5.32 Å². The Balaban J connectivity index is 2.19. The van der Waals surface area contributed by atoms with Crippen LogP contribution in [0.5, 0.6) is 0 Å². The molecule has 18 heavy (non-hydrogen) atoms. The van der Waals surface area contributed by atoms with Gasteiger partial charge >= 0.3 is 0 Å². The first-order valence-electron chi connectivity index (χ1n) is 6.28. The average Bonchev–Trinajstić information content (AvgIpc) is 2.38. The van der Waals surface area contributed by atoms with Gasteiger partial charge in [0.1, 0.15) is 5.82 Å². The fourth-order valence-corrected chi connectivity index (χ4v) is 2.60. The first kappa shape index (κ1) is 15.5. The number of likely N-dealkylation sites (N-methyl/N-ethyl adjacent to an activating group) is 1. The minimum atomic E-state index is -0.178. The molecule has 0 fully saturated rings. The molecule has 0 saturated heterocycles. The van der Waals surface area contributed by atoms with Crippen LogP contribution in [0.3, 0.4) is 0 Å². The van der Waals surface area contributed by atoms with Crippen LogP contribution in [0.1, 0.15) is 26.2 Å². The van der Waals surface area contributed by atoms with E-state index >= 15 is 0 Å². The Morgan fingerprint density at radius 2 is 2.17 bits per heavy atom. The molecular formula is C14H22FNOS. The molecule has 0 spiro atoms. The molecule has 1 atom stereocenters. The van der Waals surface area contributed by atoms with Gasteiger partial charge in [-0.05, 0) is 50.8 Å². The number of halogens is 1. The summed E-state index contributed by atoms with van der Waals surface area (Å²) in [5.74, 6) is 0.803. The molecular weight excluding hydrogens is 249 g/mol. The Hall–Kier alpha value is -0.580. The zero-order valence-electron chi connectivity index (χ0n) is 11.1. The second-order valence-electron chi connectivity index (χ2n) is 4.73. The van der Waals surface area contributed by atoms with Crippen LogP contribution >= 0.6 is 11.8 Å². The lowest BCUT2D eigenvalue weighted by atomic mass is 9.96. The van der Waals surface area contributed by atoms with Gasteiger partial charge in [0.05, 0.1) is 6.61 Å². The molecule has 0 saturated carbocycles. The number of nitrogens with one attached hydrogen (secondary N) is 1. The maximum atomic E-state index is 12.9. The lowest BCUT2D eigenvalue weighted by Crippen LogP contribution is -2.43. The predicted octanol–water partition coefficient (Wildman–Crippen LogP) is 3.06. The van der Waals surface area contributed by atoms with E-state index in [1.807, 2.05) is 20.0 Å². The third-order valence-corrected chi connectivity index (χ3v) is 4.22. The van der Waals surface area contributed by atoms with E-state index in [1.165, 1.54) is 6.07 Å². The molecule has 4 heteroatoms. The second-order valence-corrected chi connectivity index (χ2v) is 5.90. The molecule has 1 rings (SSSR count). The Bertz CT molecular complexity index is 355. The van der Waals surface area contributed by atoms with Gasteiger partial charge in [0.2, 0.25) is 0 Å². The predicted molar refractivity (Wildman–Crippen MR) is 75.5 cm³/mol. The third kappa shape index (κ3) is 5.38. The molecule has 1 aromatic carbocycles. The maximum Gasteiger partial charge on any atom is 0.124 e. The third-order valence-electron chi connectivity index (χ3n) is 3.14. The van der Waals surface area contributed by atoms with Crippen molar-refractivity contribution in [1.29, 1.82) is 0 Å². The number of benzene rings is 1. The first-order valence-corrected chi connectivity index (χ1v) is 7.26. The van der Waals surface area contributed by atoms with E-state index in [0.29, 0.717) is 0 Å². The van der Waals surface area contributed by atoms with E-state index in [4.69, 9.17) is 0 Å². The Kier molecular flexibility index (Phi) is 6.68. The van der Waals surface area contributed by atoms with Crippen LogP contribution in [0.4, 0.5) is 4.39 Å². The fourth-order valence-electron chi connectivity index (χ4n) is 1.65. The highest BCUT2D eigenvalue weighted by atomic mass is 32.2. The van der Waals surface area contributed by atoms with Crippen LogP contribution in [-0.4, -0.2) is 30.1 Å². The van der Waals surface area contributed by atoms with Crippen molar-refractivity contribution < 1.29 is 9.50 Å². The standard InChI is InChI=1S/C14H22FNOS/c1-14(11-17,16-2)8-3-4-9-18-13-7-5-6-12(15)10-13/h5-7,10,16-17H,3-4,8-9,11H2,1-2H3. The topological polar surface area (TPSA) is 32.3 Å². The van der Waals surface area contributed by atoms with Crippen molar-refractivity contribution in [3.63, 3.8) is 0 Å². The van der Waals surface area contributed by atoms with Gasteiger partial charge in [-0.25, -0.2) is 4.39 Å². The van der Waals surface area contributed by atoms with Crippen LogP contribution in [0, 0.1) is 5.82 Å². The van der Waals surface area contributed by atoms with Crippen molar-refractivity contribution in [2.24, 2.45) is 0 Å². The largest absolute Gasteiger partial charge is 0.394 e. The summed E-state index contributed by atoms with van der Waals surface area (Å²) in [5.41, 5.74) is -0.177. The minimum absolute atomic E-state index is 0.153. The van der Waals surface area contributed by atoms with Gasteiger partial charge in [-0.3, -0.25) is 0 Å². The molecule has 0 amide bonds. The smallest absolute Gasteiger partial charge is 0.124 e. The normalized spacial score (nSPS) is 14.4. The fraction of sp³-hybridized carbons (Fsp3) is 0.571. The number of unbranched alkanes of at least 4 members (excludes halogenated alkanes) is 1. The maximum absolute atomic E-state index is 12.9. The monoisotopic (exact) mass is 271 g/mol. The van der Waals surface area contributed by atoms with Crippen LogP contribution < -0.4 is 5.32 Å². The lowest BCUT2D eigenvalue weighted by molar-refractivity contribution is 0.171. The van der Waals surface area contributed by atoms with E-state index in [0.717, 1.165) is 29.9 Å². The molecule has 0 aromatic heterocycles. The van der Waals surface area contributed by atoms with E-state index < -0.39 is 0 Å². The van der Waals surface area contributed by atoms with E-state index in [1.54, 1.807) is 23.9 Å². The number of hydrogen-bond donors (Lipinski definition) is 2. The molecule has 0 aliphatic heterocycles. The van der Waals surface area contributed by atoms with Crippen molar-refractivity contribution >= 4 is 11.8 Å². The van der Waals surface area contributed by atoms with Crippen molar-refractivity contribution in [2.75, 3.05) is 19.4 Å². The number of thioether (sulfide) groups is 1. The molecule has 0 aliphatic carbocycles. The van der Waals surface area contributed by atoms with E-state index in [9.17, 15) is 9.50 Å². The number of aliphatic hydroxyl groups is 1. The Morgan fingerprint density at radius 3 is 2.78 bits per heavy atom. The molecule has 1 aromatic rings.